The zero-order valence-electron chi connectivity index (χ0n) is 24.8. The van der Waals surface area contributed by atoms with Crippen LogP contribution in [0.4, 0.5) is 0 Å². The summed E-state index contributed by atoms with van der Waals surface area (Å²) >= 11 is 0. The maximum Gasteiger partial charge on any atom is 0.221 e. The molecule has 0 spiro atoms. The SMILES string of the molecule is CCCC(N)(CCC)CCCN(CCC(=O)NCC)Cc1ccc(CN(Cc2ncc[nH]2)Cc2ncc[nH]2)cc1. The number of H-pyrrole nitrogens is 2. The van der Waals surface area contributed by atoms with Gasteiger partial charge in [0.2, 0.25) is 5.91 Å². The maximum atomic E-state index is 12.2. The summed E-state index contributed by atoms with van der Waals surface area (Å²) in [5.74, 6) is 1.98. The minimum Gasteiger partial charge on any atom is -0.356 e. The lowest BCUT2D eigenvalue weighted by Crippen LogP contribution is -2.40. The third kappa shape index (κ3) is 11.2. The van der Waals surface area contributed by atoms with Gasteiger partial charge in [0.15, 0.2) is 0 Å². The lowest BCUT2D eigenvalue weighted by molar-refractivity contribution is -0.121. The fourth-order valence-corrected chi connectivity index (χ4v) is 5.47. The maximum absolute atomic E-state index is 12.2. The molecule has 2 heterocycles. The molecule has 2 aromatic heterocycles. The highest BCUT2D eigenvalue weighted by Crippen LogP contribution is 2.23. The third-order valence-electron chi connectivity index (χ3n) is 7.37. The van der Waals surface area contributed by atoms with Gasteiger partial charge in [-0.15, -0.1) is 0 Å². The Labute approximate surface area is 240 Å². The highest BCUT2D eigenvalue weighted by Gasteiger charge is 2.23. The van der Waals surface area contributed by atoms with Crippen LogP contribution in [0.15, 0.2) is 49.1 Å². The number of hydrogen-bond donors (Lipinski definition) is 4. The van der Waals surface area contributed by atoms with Crippen LogP contribution < -0.4 is 11.1 Å². The largest absolute Gasteiger partial charge is 0.356 e. The molecule has 0 aliphatic carbocycles. The number of nitrogens with two attached hydrogens (primary N) is 1. The molecule has 9 nitrogen and oxygen atoms in total. The number of amides is 1. The number of hydrogen-bond acceptors (Lipinski definition) is 6. The van der Waals surface area contributed by atoms with Crippen molar-refractivity contribution in [1.29, 1.82) is 0 Å². The Balaban J connectivity index is 1.61. The van der Waals surface area contributed by atoms with Crippen molar-refractivity contribution in [2.75, 3.05) is 19.6 Å². The van der Waals surface area contributed by atoms with Crippen molar-refractivity contribution in [2.24, 2.45) is 5.73 Å². The molecule has 5 N–H and O–H groups in total. The van der Waals surface area contributed by atoms with E-state index in [2.05, 4.69) is 73.2 Å². The minimum atomic E-state index is -0.0758. The van der Waals surface area contributed by atoms with E-state index in [1.165, 1.54) is 11.1 Å². The number of benzene rings is 1. The topological polar surface area (TPSA) is 119 Å². The zero-order chi connectivity index (χ0) is 28.6. The molecule has 0 atom stereocenters. The van der Waals surface area contributed by atoms with E-state index in [4.69, 9.17) is 5.73 Å². The second-order valence-electron chi connectivity index (χ2n) is 11.0. The number of rotatable bonds is 20. The highest BCUT2D eigenvalue weighted by molar-refractivity contribution is 5.75. The molecule has 220 valence electrons. The number of aromatic nitrogens is 4. The van der Waals surface area contributed by atoms with E-state index in [1.54, 1.807) is 12.4 Å². The molecule has 0 aliphatic rings. The molecule has 40 heavy (non-hydrogen) atoms. The first kappa shape index (κ1) is 31.5. The van der Waals surface area contributed by atoms with Gasteiger partial charge < -0.3 is 21.0 Å². The van der Waals surface area contributed by atoms with Crippen LogP contribution in [-0.4, -0.2) is 60.8 Å². The minimum absolute atomic E-state index is 0.0758. The Kier molecular flexibility index (Phi) is 13.4. The van der Waals surface area contributed by atoms with Crippen molar-refractivity contribution in [3.8, 4) is 0 Å². The van der Waals surface area contributed by atoms with Crippen molar-refractivity contribution in [1.82, 2.24) is 35.1 Å². The Morgan fingerprint density at radius 1 is 0.825 bits per heavy atom. The van der Waals surface area contributed by atoms with Gasteiger partial charge in [0.25, 0.3) is 0 Å². The van der Waals surface area contributed by atoms with Crippen LogP contribution in [0.1, 0.15) is 88.5 Å². The summed E-state index contributed by atoms with van der Waals surface area (Å²) in [5.41, 5.74) is 9.18. The van der Waals surface area contributed by atoms with Crippen molar-refractivity contribution in [3.05, 3.63) is 71.8 Å². The predicted molar refractivity (Wildman–Crippen MR) is 161 cm³/mol. The van der Waals surface area contributed by atoms with Crippen LogP contribution in [0, 0.1) is 0 Å². The van der Waals surface area contributed by atoms with Gasteiger partial charge in [-0.3, -0.25) is 14.6 Å². The van der Waals surface area contributed by atoms with Gasteiger partial charge >= 0.3 is 0 Å². The fraction of sp³-hybridized carbons (Fsp3) is 0.581. The van der Waals surface area contributed by atoms with Gasteiger partial charge in [-0.25, -0.2) is 9.97 Å². The molecule has 3 aromatic rings. The van der Waals surface area contributed by atoms with E-state index in [9.17, 15) is 4.79 Å². The predicted octanol–water partition coefficient (Wildman–Crippen LogP) is 4.74. The summed E-state index contributed by atoms with van der Waals surface area (Å²) in [5, 5.41) is 2.93. The summed E-state index contributed by atoms with van der Waals surface area (Å²) in [4.78, 5) is 32.1. The van der Waals surface area contributed by atoms with Crippen molar-refractivity contribution in [3.63, 3.8) is 0 Å². The van der Waals surface area contributed by atoms with E-state index in [0.717, 1.165) is 76.4 Å². The third-order valence-corrected chi connectivity index (χ3v) is 7.37. The number of nitrogens with zero attached hydrogens (tertiary/aromatic N) is 4. The summed E-state index contributed by atoms with van der Waals surface area (Å²) in [6.07, 6.45) is 14.2. The molecule has 0 fully saturated rings. The van der Waals surface area contributed by atoms with Gasteiger partial charge in [-0.2, -0.15) is 0 Å². The molecule has 0 bridgehead atoms. The van der Waals surface area contributed by atoms with Gasteiger partial charge in [0, 0.05) is 62.9 Å². The molecular weight excluding hydrogens is 500 g/mol. The molecule has 0 radical (unpaired) electrons. The molecule has 0 saturated carbocycles. The van der Waals surface area contributed by atoms with Gasteiger partial charge in [-0.05, 0) is 50.3 Å². The van der Waals surface area contributed by atoms with Gasteiger partial charge in [-0.1, -0.05) is 51.0 Å². The summed E-state index contributed by atoms with van der Waals surface area (Å²) in [7, 11) is 0. The summed E-state index contributed by atoms with van der Waals surface area (Å²) < 4.78 is 0. The van der Waals surface area contributed by atoms with Crippen molar-refractivity contribution >= 4 is 5.91 Å². The first-order valence-electron chi connectivity index (χ1n) is 15.0. The Morgan fingerprint density at radius 2 is 1.38 bits per heavy atom. The molecule has 9 heteroatoms. The molecular formula is C31H50N8O. The Bertz CT molecular complexity index is 1020. The van der Waals surface area contributed by atoms with Gasteiger partial charge in [0.1, 0.15) is 11.6 Å². The van der Waals surface area contributed by atoms with Gasteiger partial charge in [0.05, 0.1) is 13.1 Å². The Hall–Kier alpha value is -3.01. The molecule has 0 saturated heterocycles. The average Bonchev–Trinajstić information content (AvgIpc) is 3.63. The average molecular weight is 551 g/mol. The summed E-state index contributed by atoms with van der Waals surface area (Å²) in [6, 6.07) is 8.85. The van der Waals surface area contributed by atoms with Crippen LogP contribution in [-0.2, 0) is 31.0 Å². The zero-order valence-corrected chi connectivity index (χ0v) is 24.8. The Morgan fingerprint density at radius 3 is 1.85 bits per heavy atom. The van der Waals surface area contributed by atoms with E-state index >= 15 is 0 Å². The number of nitrogens with one attached hydrogen (secondary N) is 3. The van der Waals surface area contributed by atoms with E-state index in [-0.39, 0.29) is 11.4 Å². The van der Waals surface area contributed by atoms with Crippen LogP contribution >= 0.6 is 0 Å². The second-order valence-corrected chi connectivity index (χ2v) is 11.0. The van der Waals surface area contributed by atoms with E-state index in [0.29, 0.717) is 26.1 Å². The summed E-state index contributed by atoms with van der Waals surface area (Å²) in [6.45, 7) is 11.8. The number of imidazole rings is 2. The smallest absolute Gasteiger partial charge is 0.221 e. The molecule has 3 rings (SSSR count). The number of carbonyl (C=O) groups excluding carboxylic acids is 1. The highest BCUT2D eigenvalue weighted by atomic mass is 16.1. The van der Waals surface area contributed by atoms with Crippen LogP contribution in [0.5, 0.6) is 0 Å². The monoisotopic (exact) mass is 550 g/mol. The standard InChI is InChI=1S/C31H50N8O/c1-4-13-31(32,14-5-2)15-7-20-38(21-12-30(40)33-6-3)22-26-8-10-27(11-9-26)23-39(24-28-34-16-17-35-28)25-29-36-18-19-37-29/h8-11,16-19H,4-7,12-15,20-25,32H2,1-3H3,(H,33,40)(H,34,35)(H,36,37). The lowest BCUT2D eigenvalue weighted by atomic mass is 9.85. The van der Waals surface area contributed by atoms with Crippen molar-refractivity contribution < 1.29 is 4.79 Å². The molecule has 0 unspecified atom stereocenters. The van der Waals surface area contributed by atoms with E-state index < -0.39 is 0 Å². The number of aromatic amines is 2. The van der Waals surface area contributed by atoms with Crippen LogP contribution in [0.2, 0.25) is 0 Å². The number of carbonyl (C=O) groups is 1. The second kappa shape index (κ2) is 16.9. The van der Waals surface area contributed by atoms with E-state index in [1.807, 2.05) is 19.3 Å². The first-order valence-corrected chi connectivity index (χ1v) is 15.0. The molecule has 1 aromatic carbocycles. The van der Waals surface area contributed by atoms with Crippen LogP contribution in [0.3, 0.4) is 0 Å². The first-order chi connectivity index (χ1) is 19.4. The molecule has 0 aliphatic heterocycles. The molecule has 1 amide bonds. The van der Waals surface area contributed by atoms with Crippen LogP contribution in [0.25, 0.3) is 0 Å². The normalized spacial score (nSPS) is 11.9. The fourth-order valence-electron chi connectivity index (χ4n) is 5.47. The van der Waals surface area contributed by atoms with Crippen molar-refractivity contribution in [2.45, 2.75) is 97.4 Å². The quantitative estimate of drug-likeness (QED) is 0.161. The lowest BCUT2D eigenvalue weighted by Gasteiger charge is -2.30.